The van der Waals surface area contributed by atoms with Crippen molar-refractivity contribution >= 4 is 6.16 Å². The van der Waals surface area contributed by atoms with Crippen LogP contribution in [0.1, 0.15) is 18.1 Å². The maximum Gasteiger partial charge on any atom is 0.506 e. The third-order valence-electron chi connectivity index (χ3n) is 3.00. The molecule has 1 fully saturated rings. The number of nitro groups is 1. The second-order valence-corrected chi connectivity index (χ2v) is 4.26. The summed E-state index contributed by atoms with van der Waals surface area (Å²) >= 11 is 0. The van der Waals surface area contributed by atoms with E-state index in [2.05, 4.69) is 0 Å². The van der Waals surface area contributed by atoms with Gasteiger partial charge in [0, 0.05) is 11.3 Å². The number of benzene rings is 1. The van der Waals surface area contributed by atoms with Crippen LogP contribution < -0.4 is 0 Å². The lowest BCUT2D eigenvalue weighted by molar-refractivity contribution is -0.519. The Morgan fingerprint density at radius 2 is 2.16 bits per heavy atom. The van der Waals surface area contributed by atoms with Crippen molar-refractivity contribution < 1.29 is 24.3 Å². The summed E-state index contributed by atoms with van der Waals surface area (Å²) in [7, 11) is 0. The Hall–Kier alpha value is -2.15. The number of rotatable bonds is 4. The van der Waals surface area contributed by atoms with Crippen LogP contribution in [0, 0.1) is 10.1 Å². The molecule has 0 aliphatic carbocycles. The Morgan fingerprint density at radius 1 is 1.47 bits per heavy atom. The molecule has 1 aromatic carbocycles. The third-order valence-corrected chi connectivity index (χ3v) is 3.00. The molecule has 0 bridgehead atoms. The summed E-state index contributed by atoms with van der Waals surface area (Å²) in [6.07, 6.45) is -2.76. The van der Waals surface area contributed by atoms with Crippen molar-refractivity contribution in [3.63, 3.8) is 0 Å². The van der Waals surface area contributed by atoms with Crippen LogP contribution in [-0.4, -0.2) is 34.9 Å². The van der Waals surface area contributed by atoms with E-state index in [9.17, 15) is 14.9 Å². The van der Waals surface area contributed by atoms with Crippen molar-refractivity contribution in [2.24, 2.45) is 0 Å². The normalized spacial score (nSPS) is 23.8. The standard InChI is InChI=1S/C12H13NO6/c14-12(15)19-11(8-4-2-1-3-5-8)10-6-9(7-18-10)13(16)17/h1-5,9-11H,6-7H2,(H,14,15)/t9?,10-,11?/m1/s1. The summed E-state index contributed by atoms with van der Waals surface area (Å²) < 4.78 is 10.1. The van der Waals surface area contributed by atoms with Crippen molar-refractivity contribution in [3.8, 4) is 0 Å². The van der Waals surface area contributed by atoms with E-state index in [-0.39, 0.29) is 13.0 Å². The molecule has 2 unspecified atom stereocenters. The molecule has 1 N–H and O–H groups in total. The van der Waals surface area contributed by atoms with Gasteiger partial charge in [-0.05, 0) is 5.56 Å². The third kappa shape index (κ3) is 3.19. The first-order valence-corrected chi connectivity index (χ1v) is 5.77. The van der Waals surface area contributed by atoms with E-state index in [1.807, 2.05) is 0 Å². The molecule has 2 rings (SSSR count). The second-order valence-electron chi connectivity index (χ2n) is 4.26. The molecule has 7 nitrogen and oxygen atoms in total. The molecule has 1 heterocycles. The van der Waals surface area contributed by atoms with Gasteiger partial charge in [-0.3, -0.25) is 10.1 Å². The van der Waals surface area contributed by atoms with Gasteiger partial charge in [-0.25, -0.2) is 4.79 Å². The summed E-state index contributed by atoms with van der Waals surface area (Å²) in [5.41, 5.74) is 0.624. The SMILES string of the molecule is O=C(O)OC(c1ccccc1)[C@H]1CC([N+](=O)[O-])CO1. The molecule has 19 heavy (non-hydrogen) atoms. The Labute approximate surface area is 108 Å². The van der Waals surface area contributed by atoms with Crippen LogP contribution in [0.4, 0.5) is 4.79 Å². The molecule has 1 aromatic rings. The molecule has 1 aliphatic heterocycles. The van der Waals surface area contributed by atoms with Crippen molar-refractivity contribution in [2.45, 2.75) is 24.7 Å². The number of hydrogen-bond acceptors (Lipinski definition) is 5. The minimum atomic E-state index is -1.43. The van der Waals surface area contributed by atoms with Gasteiger partial charge in [0.05, 0.1) is 0 Å². The molecule has 0 radical (unpaired) electrons. The van der Waals surface area contributed by atoms with Crippen molar-refractivity contribution in [3.05, 3.63) is 46.0 Å². The highest BCUT2D eigenvalue weighted by molar-refractivity contribution is 5.57. The second kappa shape index (κ2) is 5.66. The highest BCUT2D eigenvalue weighted by Crippen LogP contribution is 2.31. The topological polar surface area (TPSA) is 98.9 Å². The lowest BCUT2D eigenvalue weighted by atomic mass is 10.0. The monoisotopic (exact) mass is 267 g/mol. The summed E-state index contributed by atoms with van der Waals surface area (Å²) in [6, 6.07) is 7.87. The van der Waals surface area contributed by atoms with Crippen molar-refractivity contribution in [1.29, 1.82) is 0 Å². The fourth-order valence-corrected chi connectivity index (χ4v) is 2.11. The van der Waals surface area contributed by atoms with Gasteiger partial charge in [-0.15, -0.1) is 0 Å². The molecule has 3 atom stereocenters. The Balaban J connectivity index is 2.15. The van der Waals surface area contributed by atoms with E-state index in [0.717, 1.165) is 0 Å². The molecular weight excluding hydrogens is 254 g/mol. The lowest BCUT2D eigenvalue weighted by Crippen LogP contribution is -2.24. The number of ether oxygens (including phenoxy) is 2. The smallest absolute Gasteiger partial charge is 0.450 e. The molecule has 0 spiro atoms. The predicted octanol–water partition coefficient (Wildman–Crippen LogP) is 1.86. The zero-order chi connectivity index (χ0) is 13.8. The first-order valence-electron chi connectivity index (χ1n) is 5.77. The highest BCUT2D eigenvalue weighted by Gasteiger charge is 2.40. The largest absolute Gasteiger partial charge is 0.506 e. The minimum absolute atomic E-state index is 0.0238. The van der Waals surface area contributed by atoms with Gasteiger partial charge in [0.25, 0.3) is 0 Å². The van der Waals surface area contributed by atoms with Gasteiger partial charge in [0.15, 0.2) is 6.10 Å². The van der Waals surface area contributed by atoms with Gasteiger partial charge < -0.3 is 14.6 Å². The van der Waals surface area contributed by atoms with Gasteiger partial charge >= 0.3 is 6.16 Å². The highest BCUT2D eigenvalue weighted by atomic mass is 16.7. The van der Waals surface area contributed by atoms with E-state index in [4.69, 9.17) is 14.6 Å². The minimum Gasteiger partial charge on any atom is -0.450 e. The van der Waals surface area contributed by atoms with Crippen LogP contribution in [0.3, 0.4) is 0 Å². The van der Waals surface area contributed by atoms with Gasteiger partial charge in [-0.1, -0.05) is 30.3 Å². The first-order chi connectivity index (χ1) is 9.08. The van der Waals surface area contributed by atoms with Crippen LogP contribution in [0.15, 0.2) is 30.3 Å². The fraction of sp³-hybridized carbons (Fsp3) is 0.417. The van der Waals surface area contributed by atoms with E-state index in [1.54, 1.807) is 30.3 Å². The number of hydrogen-bond donors (Lipinski definition) is 1. The zero-order valence-electron chi connectivity index (χ0n) is 9.97. The molecular formula is C12H13NO6. The maximum atomic E-state index is 10.7. The number of carboxylic acid groups (broad SMARTS) is 1. The Morgan fingerprint density at radius 3 is 2.68 bits per heavy atom. The predicted molar refractivity (Wildman–Crippen MR) is 63.4 cm³/mol. The van der Waals surface area contributed by atoms with Crippen LogP contribution >= 0.6 is 0 Å². The van der Waals surface area contributed by atoms with Crippen LogP contribution in [0.2, 0.25) is 0 Å². The molecule has 1 saturated heterocycles. The summed E-state index contributed by atoms with van der Waals surface area (Å²) in [5.74, 6) is 0. The fourth-order valence-electron chi connectivity index (χ4n) is 2.11. The van der Waals surface area contributed by atoms with Crippen LogP contribution in [0.25, 0.3) is 0 Å². The molecule has 1 aliphatic rings. The van der Waals surface area contributed by atoms with Crippen molar-refractivity contribution in [2.75, 3.05) is 6.61 Å². The van der Waals surface area contributed by atoms with E-state index >= 15 is 0 Å². The summed E-state index contributed by atoms with van der Waals surface area (Å²) in [5, 5.41) is 19.5. The Bertz CT molecular complexity index is 463. The van der Waals surface area contributed by atoms with Crippen LogP contribution in [0.5, 0.6) is 0 Å². The molecule has 0 amide bonds. The first kappa shape index (κ1) is 13.3. The van der Waals surface area contributed by atoms with Crippen LogP contribution in [-0.2, 0) is 9.47 Å². The average Bonchev–Trinajstić information content (AvgIpc) is 2.86. The van der Waals surface area contributed by atoms with Gasteiger partial charge in [0.1, 0.15) is 12.7 Å². The summed E-state index contributed by atoms with van der Waals surface area (Å²) in [6.45, 7) is -0.0238. The molecule has 0 saturated carbocycles. The average molecular weight is 267 g/mol. The van der Waals surface area contributed by atoms with E-state index in [1.165, 1.54) is 0 Å². The maximum absolute atomic E-state index is 10.7. The van der Waals surface area contributed by atoms with Crippen molar-refractivity contribution in [1.82, 2.24) is 0 Å². The van der Waals surface area contributed by atoms with Gasteiger partial charge in [-0.2, -0.15) is 0 Å². The molecule has 7 heteroatoms. The number of nitrogens with zero attached hydrogens (tertiary/aromatic N) is 1. The lowest BCUT2D eigenvalue weighted by Gasteiger charge is -2.21. The summed E-state index contributed by atoms with van der Waals surface area (Å²) in [4.78, 5) is 21.0. The quantitative estimate of drug-likeness (QED) is 0.507. The molecule has 102 valence electrons. The van der Waals surface area contributed by atoms with E-state index in [0.29, 0.717) is 5.56 Å². The number of carbonyl (C=O) groups is 1. The Kier molecular flexibility index (Phi) is 3.96. The van der Waals surface area contributed by atoms with Gasteiger partial charge in [0.2, 0.25) is 6.04 Å². The zero-order valence-corrected chi connectivity index (χ0v) is 9.97. The van der Waals surface area contributed by atoms with E-state index < -0.39 is 29.3 Å². The molecule has 0 aromatic heterocycles.